The maximum Gasteiger partial charge on any atom is 0.337 e. The van der Waals surface area contributed by atoms with E-state index in [1.165, 1.54) is 19.2 Å². The summed E-state index contributed by atoms with van der Waals surface area (Å²) in [4.78, 5) is 21.3. The Morgan fingerprint density at radius 2 is 1.41 bits per heavy atom. The van der Waals surface area contributed by atoms with Crippen molar-refractivity contribution < 1.29 is 27.9 Å². The first-order chi connectivity index (χ1) is 12.7. The van der Waals surface area contributed by atoms with Gasteiger partial charge in [0.2, 0.25) is 0 Å². The summed E-state index contributed by atoms with van der Waals surface area (Å²) < 4.78 is 27.4. The van der Waals surface area contributed by atoms with E-state index < -0.39 is 21.6 Å². The van der Waals surface area contributed by atoms with Crippen molar-refractivity contribution in [2.75, 3.05) is 12.9 Å². The van der Waals surface area contributed by atoms with Crippen LogP contribution in [-0.2, 0) is 19.4 Å². The fourth-order valence-electron chi connectivity index (χ4n) is 1.93. The van der Waals surface area contributed by atoms with Crippen molar-refractivity contribution in [3.05, 3.63) is 78.4 Å². The normalized spacial score (nSPS) is 10.1. The van der Waals surface area contributed by atoms with Crippen LogP contribution in [0.25, 0.3) is 12.2 Å². The number of benzene rings is 2. The molecule has 2 aromatic carbocycles. The summed E-state index contributed by atoms with van der Waals surface area (Å²) in [5, 5.41) is 8.42. The third kappa shape index (κ3) is 6.91. The molecule has 0 unspecified atom stereocenters. The maximum atomic E-state index is 11.4. The molecule has 0 saturated heterocycles. The Bertz CT molecular complexity index is 910. The van der Waals surface area contributed by atoms with Gasteiger partial charge in [0.25, 0.3) is 0 Å². The topological polar surface area (TPSA) is 97.7 Å². The van der Waals surface area contributed by atoms with E-state index >= 15 is 0 Å². The Balaban J connectivity index is 0.000000277. The van der Waals surface area contributed by atoms with Crippen LogP contribution in [0, 0.1) is 0 Å². The van der Waals surface area contributed by atoms with Crippen molar-refractivity contribution in [2.45, 2.75) is 4.90 Å². The van der Waals surface area contributed by atoms with Gasteiger partial charge in [0.1, 0.15) is 0 Å². The van der Waals surface area contributed by atoms with E-state index in [9.17, 15) is 18.0 Å². The number of hydrogen-bond acceptors (Lipinski definition) is 5. The average Bonchev–Trinajstić information content (AvgIpc) is 2.67. The molecule has 0 saturated carbocycles. The number of carboxylic acid groups (broad SMARTS) is 1. The molecule has 6 nitrogen and oxygen atoms in total. The van der Waals surface area contributed by atoms with E-state index in [4.69, 9.17) is 5.11 Å². The van der Waals surface area contributed by atoms with E-state index in [2.05, 4.69) is 17.9 Å². The molecule has 0 aromatic heterocycles. The van der Waals surface area contributed by atoms with Gasteiger partial charge in [-0.2, -0.15) is 0 Å². The summed E-state index contributed by atoms with van der Waals surface area (Å²) >= 11 is 0. The predicted octanol–water partition coefficient (Wildman–Crippen LogP) is 3.30. The van der Waals surface area contributed by atoms with Gasteiger partial charge < -0.3 is 9.84 Å². The number of carbonyl (C=O) groups is 2. The van der Waals surface area contributed by atoms with Crippen LogP contribution in [0.2, 0.25) is 0 Å². The number of aliphatic carboxylic acids is 1. The summed E-state index contributed by atoms with van der Waals surface area (Å²) in [7, 11) is -2.35. The van der Waals surface area contributed by atoms with Gasteiger partial charge in [-0.15, -0.1) is 0 Å². The van der Waals surface area contributed by atoms with Gasteiger partial charge in [-0.25, -0.2) is 13.2 Å². The summed E-state index contributed by atoms with van der Waals surface area (Å²) in [6, 6.07) is 12.9. The molecule has 7 heteroatoms. The molecule has 142 valence electrons. The molecule has 27 heavy (non-hydrogen) atoms. The lowest BCUT2D eigenvalue weighted by molar-refractivity contribution is -0.134. The van der Waals surface area contributed by atoms with Gasteiger partial charge in [-0.05, 0) is 35.4 Å². The molecular weight excluding hydrogens is 368 g/mol. The smallest absolute Gasteiger partial charge is 0.337 e. The molecule has 0 aliphatic carbocycles. The SMILES string of the molecule is C=Cc1ccc(C(=O)OC)cc1.C=Cc1ccc(S(=O)(=O)CC(=O)O)cc1. The lowest BCUT2D eigenvalue weighted by Crippen LogP contribution is -2.15. The van der Waals surface area contributed by atoms with Crippen LogP contribution in [0.4, 0.5) is 0 Å². The summed E-state index contributed by atoms with van der Waals surface area (Å²) in [6.45, 7) is 7.14. The summed E-state index contributed by atoms with van der Waals surface area (Å²) in [5.41, 5.74) is 2.33. The van der Waals surface area contributed by atoms with Gasteiger partial charge in [0.05, 0.1) is 17.6 Å². The van der Waals surface area contributed by atoms with Gasteiger partial charge in [0, 0.05) is 0 Å². The van der Waals surface area contributed by atoms with Crippen LogP contribution in [0.15, 0.2) is 66.6 Å². The molecule has 0 aliphatic rings. The molecule has 0 radical (unpaired) electrons. The average molecular weight is 388 g/mol. The zero-order valence-electron chi connectivity index (χ0n) is 14.8. The second-order valence-electron chi connectivity index (χ2n) is 5.24. The zero-order chi connectivity index (χ0) is 20.4. The van der Waals surface area contributed by atoms with Gasteiger partial charge >= 0.3 is 11.9 Å². The van der Waals surface area contributed by atoms with Crippen LogP contribution in [0.1, 0.15) is 21.5 Å². The van der Waals surface area contributed by atoms with Crippen molar-refractivity contribution >= 4 is 33.9 Å². The van der Waals surface area contributed by atoms with E-state index in [0.29, 0.717) is 5.56 Å². The monoisotopic (exact) mass is 388 g/mol. The molecule has 0 spiro atoms. The highest BCUT2D eigenvalue weighted by Crippen LogP contribution is 2.13. The van der Waals surface area contributed by atoms with E-state index in [1.54, 1.807) is 36.4 Å². The lowest BCUT2D eigenvalue weighted by Gasteiger charge is -2.01. The molecule has 2 rings (SSSR count). The van der Waals surface area contributed by atoms with Crippen molar-refractivity contribution in [1.29, 1.82) is 0 Å². The number of esters is 1. The third-order valence-corrected chi connectivity index (χ3v) is 4.97. The van der Waals surface area contributed by atoms with Crippen molar-refractivity contribution in [2.24, 2.45) is 0 Å². The highest BCUT2D eigenvalue weighted by molar-refractivity contribution is 7.92. The van der Waals surface area contributed by atoms with E-state index in [1.807, 2.05) is 12.1 Å². The number of carboxylic acids is 1. The summed E-state index contributed by atoms with van der Waals surface area (Å²) in [6.07, 6.45) is 3.30. The number of sulfone groups is 1. The highest BCUT2D eigenvalue weighted by atomic mass is 32.2. The molecule has 1 N–H and O–H groups in total. The Morgan fingerprint density at radius 1 is 0.963 bits per heavy atom. The lowest BCUT2D eigenvalue weighted by atomic mass is 10.1. The Kier molecular flexibility index (Phi) is 8.16. The van der Waals surface area contributed by atoms with Crippen LogP contribution >= 0.6 is 0 Å². The van der Waals surface area contributed by atoms with E-state index in [-0.39, 0.29) is 10.9 Å². The first-order valence-electron chi connectivity index (χ1n) is 7.71. The first kappa shape index (κ1) is 21.9. The number of rotatable bonds is 6. The number of hydrogen-bond donors (Lipinski definition) is 1. The van der Waals surface area contributed by atoms with Gasteiger partial charge in [-0.1, -0.05) is 49.6 Å². The molecule has 0 aliphatic heterocycles. The molecule has 0 atom stereocenters. The van der Waals surface area contributed by atoms with Crippen LogP contribution in [0.3, 0.4) is 0 Å². The molecule has 2 aromatic rings. The molecule has 0 amide bonds. The van der Waals surface area contributed by atoms with Crippen molar-refractivity contribution in [1.82, 2.24) is 0 Å². The summed E-state index contributed by atoms with van der Waals surface area (Å²) in [5.74, 6) is -2.56. The number of carbonyl (C=O) groups excluding carboxylic acids is 1. The molecule has 0 heterocycles. The number of ether oxygens (including phenoxy) is 1. The zero-order valence-corrected chi connectivity index (χ0v) is 15.6. The molecule has 0 bridgehead atoms. The van der Waals surface area contributed by atoms with Crippen LogP contribution < -0.4 is 0 Å². The fraction of sp³-hybridized carbons (Fsp3) is 0.100. The van der Waals surface area contributed by atoms with E-state index in [0.717, 1.165) is 11.1 Å². The Labute approximate surface area is 158 Å². The van der Waals surface area contributed by atoms with Crippen molar-refractivity contribution in [3.8, 4) is 0 Å². The number of methoxy groups -OCH3 is 1. The minimum Gasteiger partial charge on any atom is -0.480 e. The standard InChI is InChI=1S/C10H10O4S.C10H10O2/c1-2-8-3-5-9(6-4-8)15(13,14)7-10(11)12;1-3-8-4-6-9(7-5-8)10(11)12-2/h2-6H,1,7H2,(H,11,12);3-7H,1H2,2H3. The third-order valence-electron chi connectivity index (χ3n) is 3.36. The van der Waals surface area contributed by atoms with Gasteiger partial charge in [0.15, 0.2) is 15.6 Å². The predicted molar refractivity (Wildman–Crippen MR) is 104 cm³/mol. The van der Waals surface area contributed by atoms with Crippen LogP contribution in [-0.4, -0.2) is 38.3 Å². The molecule has 0 fully saturated rings. The minimum absolute atomic E-state index is 0.00972. The molecular formula is C20H20O6S. The van der Waals surface area contributed by atoms with Gasteiger partial charge in [-0.3, -0.25) is 4.79 Å². The van der Waals surface area contributed by atoms with Crippen LogP contribution in [0.5, 0.6) is 0 Å². The fourth-order valence-corrected chi connectivity index (χ4v) is 2.97. The Morgan fingerprint density at radius 3 is 1.78 bits per heavy atom. The van der Waals surface area contributed by atoms with Crippen molar-refractivity contribution in [3.63, 3.8) is 0 Å². The second kappa shape index (κ2) is 10.1. The second-order valence-corrected chi connectivity index (χ2v) is 7.23. The minimum atomic E-state index is -3.72. The largest absolute Gasteiger partial charge is 0.480 e. The maximum absolute atomic E-state index is 11.4. The Hall–Kier alpha value is -3.19. The quantitative estimate of drug-likeness (QED) is 0.763. The first-order valence-corrected chi connectivity index (χ1v) is 9.36. The highest BCUT2D eigenvalue weighted by Gasteiger charge is 2.18.